The van der Waals surface area contributed by atoms with Crippen LogP contribution in [-0.4, -0.2) is 31.2 Å². The first-order chi connectivity index (χ1) is 4.72. The Bertz CT molecular complexity index is 93.3. The van der Waals surface area contributed by atoms with Crippen molar-refractivity contribution >= 4 is 0 Å². The molecule has 0 aromatic rings. The summed E-state index contributed by atoms with van der Waals surface area (Å²) in [5.74, 6) is 0. The maximum atomic E-state index is 4.96. The molecule has 0 rings (SSSR count). The van der Waals surface area contributed by atoms with Gasteiger partial charge in [-0.25, -0.2) is 0 Å². The first-order valence-corrected chi connectivity index (χ1v) is 3.39. The molecule has 60 valence electrons. The van der Waals surface area contributed by atoms with Gasteiger partial charge in [0.25, 0.3) is 0 Å². The van der Waals surface area contributed by atoms with Crippen LogP contribution in [0.1, 0.15) is 6.92 Å². The predicted molar refractivity (Wildman–Crippen MR) is 43.6 cm³/mol. The van der Waals surface area contributed by atoms with Gasteiger partial charge in [-0.3, -0.25) is 7.05 Å². The lowest BCUT2D eigenvalue weighted by molar-refractivity contribution is 0.130. The smallest absolute Gasteiger partial charge is 0.0591 e. The van der Waals surface area contributed by atoms with Crippen molar-refractivity contribution in [1.29, 1.82) is 0 Å². The summed E-state index contributed by atoms with van der Waals surface area (Å²) in [6, 6.07) is 0.364. The van der Waals surface area contributed by atoms with Gasteiger partial charge in [0.2, 0.25) is 0 Å². The molecule has 0 radical (unpaired) electrons. The highest BCUT2D eigenvalue weighted by Gasteiger charge is 1.99. The van der Waals surface area contributed by atoms with Crippen molar-refractivity contribution in [2.24, 2.45) is 0 Å². The van der Waals surface area contributed by atoms with Crippen molar-refractivity contribution in [3.63, 3.8) is 0 Å². The highest BCUT2D eigenvalue weighted by molar-refractivity contribution is 4.76. The summed E-state index contributed by atoms with van der Waals surface area (Å²) >= 11 is 0. The van der Waals surface area contributed by atoms with Crippen molar-refractivity contribution in [3.05, 3.63) is 19.7 Å². The maximum Gasteiger partial charge on any atom is 0.0591 e. The molecule has 1 unspecified atom stereocenters. The molecule has 0 aliphatic heterocycles. The lowest BCUT2D eigenvalue weighted by Gasteiger charge is -2.30. The molecule has 0 aliphatic rings. The van der Waals surface area contributed by atoms with E-state index >= 15 is 0 Å². The molecular formula is C8H16NO-. The van der Waals surface area contributed by atoms with Gasteiger partial charge in [0.05, 0.1) is 6.61 Å². The molecule has 0 N–H and O–H groups in total. The highest BCUT2D eigenvalue weighted by Crippen LogP contribution is 1.96. The van der Waals surface area contributed by atoms with Crippen LogP contribution in [0.5, 0.6) is 0 Å². The van der Waals surface area contributed by atoms with Crippen LogP contribution >= 0.6 is 0 Å². The Hall–Kier alpha value is -0.340. The Balaban J connectivity index is 3.47. The highest BCUT2D eigenvalue weighted by atomic mass is 16.5. The minimum atomic E-state index is 0.364. The van der Waals surface area contributed by atoms with E-state index in [0.29, 0.717) is 6.04 Å². The first kappa shape index (κ1) is 9.66. The molecule has 0 saturated heterocycles. The summed E-state index contributed by atoms with van der Waals surface area (Å²) < 4.78 is 4.96. The Morgan fingerprint density at radius 1 is 1.80 bits per heavy atom. The summed E-state index contributed by atoms with van der Waals surface area (Å²) in [4.78, 5) is 1.94. The SMILES string of the molecule is C=CCN([CH2-])C(C)COC. The summed E-state index contributed by atoms with van der Waals surface area (Å²) in [5.41, 5.74) is 0. The average Bonchev–Trinajstić information content (AvgIpc) is 1.89. The molecule has 0 fully saturated rings. The van der Waals surface area contributed by atoms with Crippen molar-refractivity contribution in [2.45, 2.75) is 13.0 Å². The minimum absolute atomic E-state index is 0.364. The van der Waals surface area contributed by atoms with Crippen molar-refractivity contribution in [3.8, 4) is 0 Å². The third-order valence-corrected chi connectivity index (χ3v) is 1.39. The lowest BCUT2D eigenvalue weighted by atomic mass is 10.3. The molecule has 0 aromatic heterocycles. The Kier molecular flexibility index (Phi) is 5.26. The second-order valence-electron chi connectivity index (χ2n) is 2.36. The molecule has 0 saturated carbocycles. The van der Waals surface area contributed by atoms with E-state index in [9.17, 15) is 0 Å². The molecule has 2 heteroatoms. The summed E-state index contributed by atoms with van der Waals surface area (Å²) in [6.45, 7) is 7.22. The number of methoxy groups -OCH3 is 1. The fraction of sp³-hybridized carbons (Fsp3) is 0.625. The summed E-state index contributed by atoms with van der Waals surface area (Å²) in [7, 11) is 5.52. The van der Waals surface area contributed by atoms with Gasteiger partial charge in [-0.15, -0.1) is 6.58 Å². The Labute approximate surface area is 63.5 Å². The van der Waals surface area contributed by atoms with E-state index in [1.807, 2.05) is 11.0 Å². The number of rotatable bonds is 5. The van der Waals surface area contributed by atoms with Gasteiger partial charge >= 0.3 is 0 Å². The maximum absolute atomic E-state index is 4.96. The number of nitrogens with zero attached hydrogens (tertiary/aromatic N) is 1. The van der Waals surface area contributed by atoms with E-state index in [4.69, 9.17) is 4.74 Å². The average molecular weight is 142 g/mol. The van der Waals surface area contributed by atoms with Crippen LogP contribution in [0.25, 0.3) is 0 Å². The summed E-state index contributed by atoms with van der Waals surface area (Å²) in [5, 5.41) is 0. The van der Waals surface area contributed by atoms with E-state index in [1.165, 1.54) is 0 Å². The molecule has 0 aromatic carbocycles. The number of hydrogen-bond acceptors (Lipinski definition) is 2. The third-order valence-electron chi connectivity index (χ3n) is 1.39. The molecule has 1 atom stereocenters. The lowest BCUT2D eigenvalue weighted by Crippen LogP contribution is -2.30. The summed E-state index contributed by atoms with van der Waals surface area (Å²) in [6.07, 6.45) is 1.83. The molecule has 0 aliphatic carbocycles. The van der Waals surface area contributed by atoms with Gasteiger partial charge in [-0.2, -0.15) is 0 Å². The largest absolute Gasteiger partial charge is 0.452 e. The molecular weight excluding hydrogens is 126 g/mol. The fourth-order valence-electron chi connectivity index (χ4n) is 0.692. The van der Waals surface area contributed by atoms with Crippen molar-refractivity contribution < 1.29 is 4.74 Å². The molecule has 0 amide bonds. The standard InChI is InChI=1S/C8H16NO/c1-5-6-9(3)8(2)7-10-4/h5,8H,1,3,6-7H2,2,4H3/q-1. The Morgan fingerprint density at radius 2 is 2.40 bits per heavy atom. The van der Waals surface area contributed by atoms with Crippen LogP contribution < -0.4 is 0 Å². The number of ether oxygens (including phenoxy) is 1. The topological polar surface area (TPSA) is 12.5 Å². The van der Waals surface area contributed by atoms with E-state index in [1.54, 1.807) is 7.11 Å². The third kappa shape index (κ3) is 3.64. The zero-order chi connectivity index (χ0) is 7.98. The van der Waals surface area contributed by atoms with E-state index in [0.717, 1.165) is 13.2 Å². The van der Waals surface area contributed by atoms with E-state index < -0.39 is 0 Å². The fourth-order valence-corrected chi connectivity index (χ4v) is 0.692. The van der Waals surface area contributed by atoms with Crippen LogP contribution in [0, 0.1) is 7.05 Å². The molecule has 0 spiro atoms. The second-order valence-corrected chi connectivity index (χ2v) is 2.36. The van der Waals surface area contributed by atoms with Gasteiger partial charge in [-0.05, 0) is 13.5 Å². The predicted octanol–water partition coefficient (Wildman–Crippen LogP) is 1.30. The van der Waals surface area contributed by atoms with Gasteiger partial charge in [-0.1, -0.05) is 6.08 Å². The molecule has 10 heavy (non-hydrogen) atoms. The van der Waals surface area contributed by atoms with Crippen LogP contribution in [0.15, 0.2) is 12.7 Å². The second kappa shape index (κ2) is 5.45. The van der Waals surface area contributed by atoms with Crippen molar-refractivity contribution in [2.75, 3.05) is 20.3 Å². The van der Waals surface area contributed by atoms with E-state index in [-0.39, 0.29) is 0 Å². The zero-order valence-electron chi connectivity index (χ0n) is 6.84. The molecule has 2 nitrogen and oxygen atoms in total. The monoisotopic (exact) mass is 142 g/mol. The van der Waals surface area contributed by atoms with Gasteiger partial charge in [0.15, 0.2) is 0 Å². The van der Waals surface area contributed by atoms with Gasteiger partial charge < -0.3 is 9.64 Å². The Morgan fingerprint density at radius 3 is 2.80 bits per heavy atom. The van der Waals surface area contributed by atoms with Crippen molar-refractivity contribution in [1.82, 2.24) is 4.90 Å². The normalized spacial score (nSPS) is 13.6. The number of hydrogen-bond donors (Lipinski definition) is 0. The van der Waals surface area contributed by atoms with Crippen LogP contribution in [0.4, 0.5) is 0 Å². The van der Waals surface area contributed by atoms with Gasteiger partial charge in [0.1, 0.15) is 0 Å². The van der Waals surface area contributed by atoms with Gasteiger partial charge in [0, 0.05) is 13.2 Å². The van der Waals surface area contributed by atoms with Crippen LogP contribution in [0.3, 0.4) is 0 Å². The molecule has 0 bridgehead atoms. The zero-order valence-corrected chi connectivity index (χ0v) is 6.84. The van der Waals surface area contributed by atoms with Crippen LogP contribution in [0.2, 0.25) is 0 Å². The minimum Gasteiger partial charge on any atom is -0.452 e. The van der Waals surface area contributed by atoms with E-state index in [2.05, 4.69) is 20.6 Å². The molecule has 0 heterocycles. The first-order valence-electron chi connectivity index (χ1n) is 3.39. The quantitative estimate of drug-likeness (QED) is 0.424. The van der Waals surface area contributed by atoms with Crippen LogP contribution in [-0.2, 0) is 4.74 Å².